The number of urea groups is 1. The molecule has 0 unspecified atom stereocenters. The summed E-state index contributed by atoms with van der Waals surface area (Å²) in [6.07, 6.45) is -4.56. The number of rotatable bonds is 3. The molecule has 20 heavy (non-hydrogen) atoms. The molecule has 6 nitrogen and oxygen atoms in total. The van der Waals surface area contributed by atoms with Crippen LogP contribution in [0, 0.1) is 17.0 Å². The monoisotopic (exact) mass is 291 g/mol. The van der Waals surface area contributed by atoms with E-state index in [4.69, 9.17) is 0 Å². The minimum Gasteiger partial charge on any atom is -0.326 e. The Morgan fingerprint density at radius 1 is 1.40 bits per heavy atom. The molecule has 0 aliphatic heterocycles. The molecule has 110 valence electrons. The van der Waals surface area contributed by atoms with Crippen molar-refractivity contribution in [1.82, 2.24) is 5.32 Å². The van der Waals surface area contributed by atoms with Crippen molar-refractivity contribution in [3.05, 3.63) is 33.9 Å². The van der Waals surface area contributed by atoms with Gasteiger partial charge in [0.15, 0.2) is 0 Å². The molecule has 1 atom stereocenters. The van der Waals surface area contributed by atoms with Gasteiger partial charge >= 0.3 is 12.2 Å². The second-order valence-corrected chi connectivity index (χ2v) is 4.07. The summed E-state index contributed by atoms with van der Waals surface area (Å²) >= 11 is 0. The van der Waals surface area contributed by atoms with Crippen molar-refractivity contribution < 1.29 is 22.9 Å². The smallest absolute Gasteiger partial charge is 0.326 e. The molecular weight excluding hydrogens is 279 g/mol. The number of anilines is 1. The summed E-state index contributed by atoms with van der Waals surface area (Å²) < 4.78 is 36.8. The molecule has 0 heterocycles. The zero-order valence-corrected chi connectivity index (χ0v) is 10.6. The highest BCUT2D eigenvalue weighted by Gasteiger charge is 2.37. The van der Waals surface area contributed by atoms with Crippen LogP contribution in [0.5, 0.6) is 0 Å². The van der Waals surface area contributed by atoms with E-state index < -0.39 is 23.2 Å². The van der Waals surface area contributed by atoms with Gasteiger partial charge in [-0.3, -0.25) is 10.1 Å². The van der Waals surface area contributed by atoms with E-state index in [0.29, 0.717) is 0 Å². The third kappa shape index (κ3) is 3.84. The average Bonchev–Trinajstić information content (AvgIpc) is 2.30. The second kappa shape index (κ2) is 5.76. The Morgan fingerprint density at radius 2 is 2.00 bits per heavy atom. The van der Waals surface area contributed by atoms with Gasteiger partial charge in [0, 0.05) is 6.07 Å². The molecule has 2 amide bonds. The molecule has 9 heteroatoms. The summed E-state index contributed by atoms with van der Waals surface area (Å²) in [5, 5.41) is 14.6. The van der Waals surface area contributed by atoms with Crippen LogP contribution in [0.2, 0.25) is 0 Å². The lowest BCUT2D eigenvalue weighted by atomic mass is 10.1. The highest BCUT2D eigenvalue weighted by atomic mass is 19.4. The van der Waals surface area contributed by atoms with Crippen molar-refractivity contribution in [3.8, 4) is 0 Å². The maximum Gasteiger partial charge on any atom is 0.408 e. The molecule has 0 aromatic heterocycles. The van der Waals surface area contributed by atoms with Crippen LogP contribution < -0.4 is 10.6 Å². The number of alkyl halides is 3. The van der Waals surface area contributed by atoms with Crippen molar-refractivity contribution in [2.75, 3.05) is 5.32 Å². The Labute approximate surface area is 112 Å². The highest BCUT2D eigenvalue weighted by molar-refractivity contribution is 5.90. The van der Waals surface area contributed by atoms with Crippen LogP contribution in [-0.4, -0.2) is 23.2 Å². The lowest BCUT2D eigenvalue weighted by Gasteiger charge is -2.18. The number of halogens is 3. The summed E-state index contributed by atoms with van der Waals surface area (Å²) in [7, 11) is 0. The zero-order valence-electron chi connectivity index (χ0n) is 10.6. The maximum atomic E-state index is 12.3. The van der Waals surface area contributed by atoms with Gasteiger partial charge in [0.05, 0.1) is 16.2 Å². The Hall–Kier alpha value is -2.32. The highest BCUT2D eigenvalue weighted by Crippen LogP contribution is 2.25. The number of hydrogen-bond donors (Lipinski definition) is 2. The van der Waals surface area contributed by atoms with E-state index in [1.54, 1.807) is 5.32 Å². The Bertz CT molecular complexity index is 531. The predicted molar refractivity (Wildman–Crippen MR) is 65.5 cm³/mol. The fourth-order valence-corrected chi connectivity index (χ4v) is 1.39. The molecule has 1 aromatic rings. The third-order valence-corrected chi connectivity index (χ3v) is 2.59. The molecule has 0 radical (unpaired) electrons. The zero-order chi connectivity index (χ0) is 15.5. The number of hydrogen-bond acceptors (Lipinski definition) is 3. The molecule has 1 rings (SSSR count). The predicted octanol–water partition coefficient (Wildman–Crippen LogP) is 2.98. The van der Waals surface area contributed by atoms with Gasteiger partial charge in [-0.1, -0.05) is 6.07 Å². The van der Waals surface area contributed by atoms with Gasteiger partial charge < -0.3 is 10.6 Å². The Kier molecular flexibility index (Phi) is 4.53. The van der Waals surface area contributed by atoms with E-state index in [0.717, 1.165) is 6.92 Å². The molecule has 0 aliphatic rings. The maximum absolute atomic E-state index is 12.3. The largest absolute Gasteiger partial charge is 0.408 e. The molecular formula is C11H12F3N3O3. The van der Waals surface area contributed by atoms with Gasteiger partial charge in [-0.05, 0) is 19.9 Å². The first-order chi connectivity index (χ1) is 9.12. The minimum absolute atomic E-state index is 0.0751. The van der Waals surface area contributed by atoms with Crippen LogP contribution in [0.15, 0.2) is 18.2 Å². The van der Waals surface area contributed by atoms with Gasteiger partial charge in [0.1, 0.15) is 6.04 Å². The van der Waals surface area contributed by atoms with Gasteiger partial charge in [-0.25, -0.2) is 4.79 Å². The van der Waals surface area contributed by atoms with E-state index >= 15 is 0 Å². The molecule has 0 saturated heterocycles. The summed E-state index contributed by atoms with van der Waals surface area (Å²) in [6.45, 7) is 2.18. The quantitative estimate of drug-likeness (QED) is 0.663. The standard InChI is InChI=1S/C11H12F3N3O3/c1-6-8(4-3-5-9(6)17(19)20)16-10(18)15-7(2)11(12,13)14/h3-5,7H,1-2H3,(H2,15,16,18)/t7-/m1/s1. The SMILES string of the molecule is Cc1c(NC(=O)N[C@H](C)C(F)(F)F)cccc1[N+](=O)[O-]. The normalized spacial score (nSPS) is 12.7. The van der Waals surface area contributed by atoms with E-state index in [9.17, 15) is 28.1 Å². The first kappa shape index (κ1) is 15.7. The number of amides is 2. The molecule has 2 N–H and O–H groups in total. The molecule has 0 bridgehead atoms. The van der Waals surface area contributed by atoms with Crippen LogP contribution in [-0.2, 0) is 0 Å². The summed E-state index contributed by atoms with van der Waals surface area (Å²) in [4.78, 5) is 21.5. The first-order valence-electron chi connectivity index (χ1n) is 5.51. The van der Waals surface area contributed by atoms with E-state index in [1.165, 1.54) is 25.1 Å². The van der Waals surface area contributed by atoms with E-state index in [-0.39, 0.29) is 16.9 Å². The van der Waals surface area contributed by atoms with Gasteiger partial charge in [-0.2, -0.15) is 13.2 Å². The molecule has 1 aromatic carbocycles. The fraction of sp³-hybridized carbons (Fsp3) is 0.364. The van der Waals surface area contributed by atoms with Crippen LogP contribution >= 0.6 is 0 Å². The van der Waals surface area contributed by atoms with Crippen LogP contribution in [0.4, 0.5) is 29.3 Å². The van der Waals surface area contributed by atoms with Crippen molar-refractivity contribution in [1.29, 1.82) is 0 Å². The number of nitrogens with zero attached hydrogens (tertiary/aromatic N) is 1. The minimum atomic E-state index is -4.56. The number of nitro benzene ring substituents is 1. The molecule has 0 saturated carbocycles. The topological polar surface area (TPSA) is 84.3 Å². The van der Waals surface area contributed by atoms with Crippen molar-refractivity contribution in [3.63, 3.8) is 0 Å². The molecule has 0 fully saturated rings. The van der Waals surface area contributed by atoms with Gasteiger partial charge in [-0.15, -0.1) is 0 Å². The molecule has 0 spiro atoms. The summed E-state index contributed by atoms with van der Waals surface area (Å²) in [5.41, 5.74) is 0.00468. The number of nitrogens with one attached hydrogen (secondary N) is 2. The van der Waals surface area contributed by atoms with Crippen LogP contribution in [0.25, 0.3) is 0 Å². The van der Waals surface area contributed by atoms with Crippen LogP contribution in [0.3, 0.4) is 0 Å². The van der Waals surface area contributed by atoms with Crippen molar-refractivity contribution >= 4 is 17.4 Å². The van der Waals surface area contributed by atoms with Crippen molar-refractivity contribution in [2.45, 2.75) is 26.1 Å². The van der Waals surface area contributed by atoms with Gasteiger partial charge in [0.2, 0.25) is 0 Å². The van der Waals surface area contributed by atoms with Crippen LogP contribution in [0.1, 0.15) is 12.5 Å². The fourth-order valence-electron chi connectivity index (χ4n) is 1.39. The number of carbonyl (C=O) groups is 1. The Balaban J connectivity index is 2.82. The third-order valence-electron chi connectivity index (χ3n) is 2.59. The second-order valence-electron chi connectivity index (χ2n) is 4.07. The lowest BCUT2D eigenvalue weighted by molar-refractivity contribution is -0.385. The summed E-state index contributed by atoms with van der Waals surface area (Å²) in [5.74, 6) is 0. The molecule has 0 aliphatic carbocycles. The van der Waals surface area contributed by atoms with E-state index in [1.807, 2.05) is 0 Å². The average molecular weight is 291 g/mol. The number of benzene rings is 1. The Morgan fingerprint density at radius 3 is 2.50 bits per heavy atom. The first-order valence-corrected chi connectivity index (χ1v) is 5.51. The number of nitro groups is 1. The van der Waals surface area contributed by atoms with Gasteiger partial charge in [0.25, 0.3) is 5.69 Å². The summed E-state index contributed by atoms with van der Waals surface area (Å²) in [6, 6.07) is 0.810. The number of carbonyl (C=O) groups excluding carboxylic acids is 1. The lowest BCUT2D eigenvalue weighted by Crippen LogP contribution is -2.45. The van der Waals surface area contributed by atoms with Crippen molar-refractivity contribution in [2.24, 2.45) is 0 Å². The van der Waals surface area contributed by atoms with E-state index in [2.05, 4.69) is 5.32 Å².